The molecule has 0 saturated carbocycles. The number of rotatable bonds is 7. The molecule has 1 aromatic heterocycles. The van der Waals surface area contributed by atoms with Crippen LogP contribution in [0, 0.1) is 5.92 Å². The van der Waals surface area contributed by atoms with Crippen LogP contribution in [0.3, 0.4) is 0 Å². The maximum atomic E-state index is 12.6. The van der Waals surface area contributed by atoms with Crippen molar-refractivity contribution in [3.8, 4) is 0 Å². The zero-order chi connectivity index (χ0) is 18.6. The van der Waals surface area contributed by atoms with Crippen LogP contribution in [-0.2, 0) is 11.3 Å². The number of Topliss-reactive ketones (excluding diaryl/α,β-unsaturated/α-hetero) is 1. The van der Waals surface area contributed by atoms with Crippen LogP contribution in [0.2, 0.25) is 0 Å². The van der Waals surface area contributed by atoms with E-state index < -0.39 is 12.1 Å². The van der Waals surface area contributed by atoms with E-state index in [0.717, 1.165) is 10.7 Å². The summed E-state index contributed by atoms with van der Waals surface area (Å²) in [7, 11) is 3.23. The SMILES string of the molecule is CC(C)C(=O)C(C(C)O)N(C)C(=O)N(C)Cc1csc(C(C)C)n1. The van der Waals surface area contributed by atoms with Crippen LogP contribution in [0.15, 0.2) is 5.38 Å². The average molecular weight is 356 g/mol. The standard InChI is InChI=1S/C17H29N3O3S/c1-10(2)15(22)14(12(5)21)20(7)17(23)19(6)8-13-9-24-16(18-13)11(3)4/h9-12,14,21H,8H2,1-7H3. The van der Waals surface area contributed by atoms with E-state index >= 15 is 0 Å². The molecule has 0 aliphatic rings. The number of aliphatic hydroxyl groups excluding tert-OH is 1. The first-order valence-corrected chi connectivity index (χ1v) is 9.08. The van der Waals surface area contributed by atoms with Crippen molar-refractivity contribution in [3.63, 3.8) is 0 Å². The maximum absolute atomic E-state index is 12.6. The van der Waals surface area contributed by atoms with Crippen LogP contribution in [0.1, 0.15) is 51.2 Å². The molecule has 2 atom stereocenters. The largest absolute Gasteiger partial charge is 0.391 e. The highest BCUT2D eigenvalue weighted by Gasteiger charge is 2.33. The summed E-state index contributed by atoms with van der Waals surface area (Å²) in [6.07, 6.45) is -0.922. The Kier molecular flexibility index (Phi) is 7.35. The Hall–Kier alpha value is -1.47. The number of carbonyl (C=O) groups is 2. The predicted octanol–water partition coefficient (Wildman–Crippen LogP) is 2.72. The topological polar surface area (TPSA) is 73.7 Å². The number of aromatic nitrogens is 1. The van der Waals surface area contributed by atoms with E-state index in [1.807, 2.05) is 5.38 Å². The Bertz CT molecular complexity index is 569. The molecule has 0 fully saturated rings. The third kappa shape index (κ3) is 5.01. The van der Waals surface area contributed by atoms with Gasteiger partial charge in [-0.3, -0.25) is 4.79 Å². The van der Waals surface area contributed by atoms with Crippen molar-refractivity contribution in [2.75, 3.05) is 14.1 Å². The molecule has 2 amide bonds. The van der Waals surface area contributed by atoms with Crippen LogP contribution in [0.5, 0.6) is 0 Å². The van der Waals surface area contributed by atoms with E-state index in [1.54, 1.807) is 39.3 Å². The van der Waals surface area contributed by atoms with E-state index in [0.29, 0.717) is 12.5 Å². The maximum Gasteiger partial charge on any atom is 0.320 e. The quantitative estimate of drug-likeness (QED) is 0.816. The summed E-state index contributed by atoms with van der Waals surface area (Å²) >= 11 is 1.58. The molecule has 24 heavy (non-hydrogen) atoms. The van der Waals surface area contributed by atoms with Gasteiger partial charge in [0.25, 0.3) is 0 Å². The van der Waals surface area contributed by atoms with Gasteiger partial charge in [-0.15, -0.1) is 11.3 Å². The van der Waals surface area contributed by atoms with Crippen LogP contribution < -0.4 is 0 Å². The van der Waals surface area contributed by atoms with Crippen LogP contribution in [0.4, 0.5) is 4.79 Å². The van der Waals surface area contributed by atoms with Gasteiger partial charge in [-0.25, -0.2) is 9.78 Å². The summed E-state index contributed by atoms with van der Waals surface area (Å²) in [5, 5.41) is 12.9. The fourth-order valence-corrected chi connectivity index (χ4v) is 3.28. The summed E-state index contributed by atoms with van der Waals surface area (Å²) in [5.41, 5.74) is 0.830. The molecular formula is C17H29N3O3S. The highest BCUT2D eigenvalue weighted by molar-refractivity contribution is 7.09. The zero-order valence-electron chi connectivity index (χ0n) is 15.6. The number of hydrogen-bond donors (Lipinski definition) is 1. The summed E-state index contributed by atoms with van der Waals surface area (Å²) in [6, 6.07) is -1.16. The smallest absolute Gasteiger partial charge is 0.320 e. The third-order valence-corrected chi connectivity index (χ3v) is 5.02. The summed E-state index contributed by atoms with van der Waals surface area (Å²) in [4.78, 5) is 32.3. The number of carbonyl (C=O) groups excluding carboxylic acids is 2. The molecule has 0 spiro atoms. The number of likely N-dealkylation sites (N-methyl/N-ethyl adjacent to an activating group) is 1. The molecule has 7 heteroatoms. The normalized spacial score (nSPS) is 13.9. The molecule has 0 aromatic carbocycles. The lowest BCUT2D eigenvalue weighted by Crippen LogP contribution is -2.53. The first-order valence-electron chi connectivity index (χ1n) is 8.20. The number of urea groups is 1. The third-order valence-electron chi connectivity index (χ3n) is 3.83. The number of ketones is 1. The Morgan fingerprint density at radius 1 is 1.21 bits per heavy atom. The number of thiazole rings is 1. The van der Waals surface area contributed by atoms with Gasteiger partial charge in [-0.1, -0.05) is 27.7 Å². The van der Waals surface area contributed by atoms with Crippen molar-refractivity contribution in [2.24, 2.45) is 5.92 Å². The first-order chi connectivity index (χ1) is 11.1. The fraction of sp³-hybridized carbons (Fsp3) is 0.706. The Morgan fingerprint density at radius 3 is 2.21 bits per heavy atom. The van der Waals surface area contributed by atoms with E-state index in [1.165, 1.54) is 16.7 Å². The van der Waals surface area contributed by atoms with Crippen LogP contribution in [-0.4, -0.2) is 57.9 Å². The monoisotopic (exact) mass is 355 g/mol. The minimum absolute atomic E-state index is 0.148. The average Bonchev–Trinajstić information content (AvgIpc) is 2.94. The highest BCUT2D eigenvalue weighted by Crippen LogP contribution is 2.20. The molecule has 0 aliphatic heterocycles. The first kappa shape index (κ1) is 20.6. The van der Waals surface area contributed by atoms with E-state index in [-0.39, 0.29) is 17.7 Å². The molecule has 1 aromatic rings. The lowest BCUT2D eigenvalue weighted by molar-refractivity contribution is -0.129. The molecule has 136 valence electrons. The van der Waals surface area contributed by atoms with Crippen molar-refractivity contribution in [3.05, 3.63) is 16.1 Å². The molecule has 0 saturated heterocycles. The van der Waals surface area contributed by atoms with Gasteiger partial charge in [-0.2, -0.15) is 0 Å². The van der Waals surface area contributed by atoms with Gasteiger partial charge >= 0.3 is 6.03 Å². The number of nitrogens with zero attached hydrogens (tertiary/aromatic N) is 3. The molecule has 6 nitrogen and oxygen atoms in total. The zero-order valence-corrected chi connectivity index (χ0v) is 16.4. The van der Waals surface area contributed by atoms with Crippen molar-refractivity contribution < 1.29 is 14.7 Å². The van der Waals surface area contributed by atoms with Gasteiger partial charge in [0.1, 0.15) is 6.04 Å². The molecule has 0 radical (unpaired) electrons. The van der Waals surface area contributed by atoms with Gasteiger partial charge < -0.3 is 14.9 Å². The molecule has 1 rings (SSSR count). The molecular weight excluding hydrogens is 326 g/mol. The van der Waals surface area contributed by atoms with Crippen molar-refractivity contribution in [1.29, 1.82) is 0 Å². The Balaban J connectivity index is 2.83. The number of amides is 2. The lowest BCUT2D eigenvalue weighted by Gasteiger charge is -2.33. The number of aliphatic hydroxyl groups is 1. The van der Waals surface area contributed by atoms with Gasteiger partial charge in [0.05, 0.1) is 23.4 Å². The lowest BCUT2D eigenvalue weighted by atomic mass is 9.97. The second-order valence-corrected chi connectivity index (χ2v) is 7.71. The second-order valence-electron chi connectivity index (χ2n) is 6.82. The van der Waals surface area contributed by atoms with E-state index in [2.05, 4.69) is 18.8 Å². The predicted molar refractivity (Wildman–Crippen MR) is 96.1 cm³/mol. The molecule has 1 N–H and O–H groups in total. The van der Waals surface area contributed by atoms with E-state index in [9.17, 15) is 14.7 Å². The summed E-state index contributed by atoms with van der Waals surface area (Å²) in [5.74, 6) is -0.0435. The van der Waals surface area contributed by atoms with Gasteiger partial charge in [-0.05, 0) is 6.92 Å². The van der Waals surface area contributed by atoms with Gasteiger partial charge in [0.2, 0.25) is 0 Å². The second kappa shape index (κ2) is 8.58. The number of hydrogen-bond acceptors (Lipinski definition) is 5. The van der Waals surface area contributed by atoms with Crippen LogP contribution in [0.25, 0.3) is 0 Å². The van der Waals surface area contributed by atoms with Crippen molar-refractivity contribution in [2.45, 2.75) is 59.2 Å². The van der Waals surface area contributed by atoms with Crippen molar-refractivity contribution in [1.82, 2.24) is 14.8 Å². The summed E-state index contributed by atoms with van der Waals surface area (Å²) in [6.45, 7) is 9.59. The van der Waals surface area contributed by atoms with Crippen LogP contribution >= 0.6 is 11.3 Å². The molecule has 2 unspecified atom stereocenters. The molecule has 1 heterocycles. The molecule has 0 aliphatic carbocycles. The minimum Gasteiger partial charge on any atom is -0.391 e. The Morgan fingerprint density at radius 2 is 1.79 bits per heavy atom. The minimum atomic E-state index is -0.922. The fourth-order valence-electron chi connectivity index (χ4n) is 2.45. The van der Waals surface area contributed by atoms with Crippen molar-refractivity contribution >= 4 is 23.2 Å². The summed E-state index contributed by atoms with van der Waals surface area (Å²) < 4.78 is 0. The molecule has 0 bridgehead atoms. The van der Waals surface area contributed by atoms with Gasteiger partial charge in [0.15, 0.2) is 5.78 Å². The van der Waals surface area contributed by atoms with Gasteiger partial charge in [0, 0.05) is 31.3 Å². The highest BCUT2D eigenvalue weighted by atomic mass is 32.1. The van der Waals surface area contributed by atoms with E-state index in [4.69, 9.17) is 0 Å². The Labute approximate surface area is 148 Å².